The van der Waals surface area contributed by atoms with Gasteiger partial charge in [-0.05, 0) is 11.6 Å². The third kappa shape index (κ3) is 4.08. The Balaban J connectivity index is 1.39. The summed E-state index contributed by atoms with van der Waals surface area (Å²) in [6.07, 6.45) is -7.07. The summed E-state index contributed by atoms with van der Waals surface area (Å²) < 4.78 is 21.5. The summed E-state index contributed by atoms with van der Waals surface area (Å²) >= 11 is 0. The molecule has 0 amide bonds. The lowest BCUT2D eigenvalue weighted by Gasteiger charge is -2.62. The van der Waals surface area contributed by atoms with Gasteiger partial charge in [0.1, 0.15) is 36.5 Å². The first-order valence-electron chi connectivity index (χ1n) is 13.4. The minimum Gasteiger partial charge on any atom is -0.632 e. The van der Waals surface area contributed by atoms with E-state index in [0.29, 0.717) is 6.42 Å². The Morgan fingerprint density at radius 2 is 1.90 bits per heavy atom. The molecule has 0 radical (unpaired) electrons. The van der Waals surface area contributed by atoms with E-state index >= 15 is 0 Å². The van der Waals surface area contributed by atoms with Crippen molar-refractivity contribution in [2.75, 3.05) is 26.9 Å². The third-order valence-corrected chi connectivity index (χ3v) is 9.13. The first-order chi connectivity index (χ1) is 19.2. The molecule has 0 bridgehead atoms. The maximum Gasteiger partial charge on any atom is 0.337 e. The smallest absolute Gasteiger partial charge is 0.337 e. The predicted octanol–water partition coefficient (Wildman–Crippen LogP) is -0.694. The summed E-state index contributed by atoms with van der Waals surface area (Å²) in [5.74, 6) is -2.14. The van der Waals surface area contributed by atoms with Gasteiger partial charge in [0.15, 0.2) is 6.29 Å². The van der Waals surface area contributed by atoms with E-state index in [1.165, 1.54) is 13.4 Å². The van der Waals surface area contributed by atoms with Gasteiger partial charge < -0.3 is 59.3 Å². The third-order valence-electron chi connectivity index (χ3n) is 9.13. The van der Waals surface area contributed by atoms with E-state index in [2.05, 4.69) is 4.98 Å². The Hall–Kier alpha value is -2.59. The standard InChI is InChI=1S/C27H34N2O11/c1-37-25(35)15-11-38-26(40-27-24(34)23(33)22(32)19(10-31)39-27)20-14(15)8-17-21-13(6-7-29(17,36)18(20)9-30)12-4-2-3-5-16(12)28-21/h2-5,11,14,17-20,22-24,26-28,30-34H,6-10H2,1H3/t14-,17-,18+,19-,20+,22-,23+,24-,26+,27+,29?/m1/s1. The first kappa shape index (κ1) is 27.6. The van der Waals surface area contributed by atoms with Crippen molar-refractivity contribution in [3.05, 3.63) is 52.6 Å². The molecule has 11 atom stereocenters. The molecule has 13 nitrogen and oxygen atoms in total. The van der Waals surface area contributed by atoms with Gasteiger partial charge in [-0.3, -0.25) is 0 Å². The number of nitrogens with one attached hydrogen (secondary N) is 1. The maximum atomic E-state index is 14.7. The number of benzene rings is 1. The summed E-state index contributed by atoms with van der Waals surface area (Å²) in [6.45, 7) is -1.01. The molecule has 0 spiro atoms. The normalized spacial score (nSPS) is 40.8. The molecule has 0 saturated carbocycles. The number of rotatable bonds is 5. The molecule has 1 unspecified atom stereocenters. The topological polar surface area (TPSA) is 194 Å². The van der Waals surface area contributed by atoms with Crippen LogP contribution in [0, 0.1) is 17.0 Å². The number of hydrogen-bond acceptors (Lipinski definition) is 11. The van der Waals surface area contributed by atoms with Crippen LogP contribution in [-0.4, -0.2) is 111 Å². The lowest BCUT2D eigenvalue weighted by atomic mass is 9.69. The van der Waals surface area contributed by atoms with Crippen LogP contribution in [0.1, 0.15) is 23.7 Å². The number of methoxy groups -OCH3 is 1. The summed E-state index contributed by atoms with van der Waals surface area (Å²) in [5.41, 5.74) is 2.92. The number of hydrogen-bond donors (Lipinski definition) is 6. The van der Waals surface area contributed by atoms with Gasteiger partial charge in [0, 0.05) is 29.7 Å². The van der Waals surface area contributed by atoms with Crippen molar-refractivity contribution in [1.82, 2.24) is 4.98 Å². The number of quaternary nitrogens is 1. The van der Waals surface area contributed by atoms with E-state index in [-0.39, 0.29) is 18.5 Å². The predicted molar refractivity (Wildman–Crippen MR) is 136 cm³/mol. The average molecular weight is 563 g/mol. The van der Waals surface area contributed by atoms with Crippen LogP contribution in [0.15, 0.2) is 36.1 Å². The zero-order valence-electron chi connectivity index (χ0n) is 21.8. The van der Waals surface area contributed by atoms with Crippen LogP contribution in [0.3, 0.4) is 0 Å². The highest BCUT2D eigenvalue weighted by atomic mass is 16.8. The van der Waals surface area contributed by atoms with Crippen LogP contribution in [0.2, 0.25) is 0 Å². The van der Waals surface area contributed by atoms with Gasteiger partial charge in [-0.1, -0.05) is 18.2 Å². The fourth-order valence-electron chi connectivity index (χ4n) is 7.12. The zero-order chi connectivity index (χ0) is 28.3. The number of hydroxylamine groups is 3. The minimum atomic E-state index is -1.70. The quantitative estimate of drug-likeness (QED) is 0.153. The zero-order valence-corrected chi connectivity index (χ0v) is 21.8. The second-order valence-corrected chi connectivity index (χ2v) is 11.0. The number of fused-ring (bicyclic) bond motifs is 6. The number of carbonyl (C=O) groups excluding carboxylic acids is 1. The molecule has 0 aliphatic carbocycles. The molecule has 218 valence electrons. The largest absolute Gasteiger partial charge is 0.632 e. The lowest BCUT2D eigenvalue weighted by molar-refractivity contribution is -0.950. The number of carbonyl (C=O) groups is 1. The lowest BCUT2D eigenvalue weighted by Crippen LogP contribution is -2.68. The van der Waals surface area contributed by atoms with Crippen molar-refractivity contribution < 1.29 is 53.9 Å². The maximum absolute atomic E-state index is 14.7. The molecular formula is C27H34N2O11. The molecular weight excluding hydrogens is 528 g/mol. The van der Waals surface area contributed by atoms with Crippen molar-refractivity contribution in [3.63, 3.8) is 0 Å². The molecule has 1 aromatic carbocycles. The molecule has 2 saturated heterocycles. The highest BCUT2D eigenvalue weighted by Gasteiger charge is 2.60. The van der Waals surface area contributed by atoms with Gasteiger partial charge in [-0.25, -0.2) is 4.79 Å². The van der Waals surface area contributed by atoms with Gasteiger partial charge in [-0.15, -0.1) is 0 Å². The highest BCUT2D eigenvalue weighted by molar-refractivity contribution is 5.89. The fourth-order valence-corrected chi connectivity index (χ4v) is 7.12. The highest BCUT2D eigenvalue weighted by Crippen LogP contribution is 2.54. The molecule has 2 aromatic rings. The minimum absolute atomic E-state index is 0.179. The number of aromatic amines is 1. The van der Waals surface area contributed by atoms with Crippen LogP contribution in [0.5, 0.6) is 0 Å². The van der Waals surface area contributed by atoms with Crippen LogP contribution >= 0.6 is 0 Å². The van der Waals surface area contributed by atoms with E-state index in [1.807, 2.05) is 24.3 Å². The molecule has 4 aliphatic heterocycles. The van der Waals surface area contributed by atoms with Gasteiger partial charge >= 0.3 is 5.97 Å². The van der Waals surface area contributed by atoms with E-state index in [1.54, 1.807) is 0 Å². The molecule has 4 aliphatic rings. The van der Waals surface area contributed by atoms with Crippen molar-refractivity contribution in [3.8, 4) is 0 Å². The van der Waals surface area contributed by atoms with Crippen LogP contribution in [0.25, 0.3) is 10.9 Å². The molecule has 13 heteroatoms. The molecule has 5 heterocycles. The number of para-hydroxylation sites is 1. The first-order valence-corrected chi connectivity index (χ1v) is 13.4. The van der Waals surface area contributed by atoms with Crippen LogP contribution in [0.4, 0.5) is 0 Å². The summed E-state index contributed by atoms with van der Waals surface area (Å²) in [5, 5.41) is 67.0. The van der Waals surface area contributed by atoms with Crippen molar-refractivity contribution in [2.45, 2.75) is 61.9 Å². The van der Waals surface area contributed by atoms with Gasteiger partial charge in [0.05, 0.1) is 50.3 Å². The van der Waals surface area contributed by atoms with Gasteiger partial charge in [0.25, 0.3) is 0 Å². The number of esters is 1. The average Bonchev–Trinajstić information content (AvgIpc) is 3.34. The fraction of sp³-hybridized carbons (Fsp3) is 0.593. The van der Waals surface area contributed by atoms with E-state index in [4.69, 9.17) is 18.9 Å². The number of aliphatic hydroxyl groups excluding tert-OH is 5. The van der Waals surface area contributed by atoms with Crippen molar-refractivity contribution >= 4 is 16.9 Å². The van der Waals surface area contributed by atoms with Crippen LogP contribution in [-0.2, 0) is 30.2 Å². The van der Waals surface area contributed by atoms with Crippen molar-refractivity contribution in [2.24, 2.45) is 11.8 Å². The second kappa shape index (κ2) is 10.4. The molecule has 6 rings (SSSR count). The molecule has 1 aromatic heterocycles. The summed E-state index contributed by atoms with van der Waals surface area (Å²) in [4.78, 5) is 16.3. The van der Waals surface area contributed by atoms with E-state index in [9.17, 15) is 35.5 Å². The van der Waals surface area contributed by atoms with E-state index < -0.39 is 84.7 Å². The van der Waals surface area contributed by atoms with E-state index in [0.717, 1.165) is 22.2 Å². The van der Waals surface area contributed by atoms with Crippen molar-refractivity contribution in [1.29, 1.82) is 0 Å². The number of H-pyrrole nitrogens is 1. The number of nitrogens with zero attached hydrogens (tertiary/aromatic N) is 1. The Morgan fingerprint density at radius 3 is 2.62 bits per heavy atom. The summed E-state index contributed by atoms with van der Waals surface area (Å²) in [7, 11) is 1.24. The van der Waals surface area contributed by atoms with Gasteiger partial charge in [-0.2, -0.15) is 0 Å². The Morgan fingerprint density at radius 1 is 1.12 bits per heavy atom. The van der Waals surface area contributed by atoms with Gasteiger partial charge in [0.2, 0.25) is 6.29 Å². The number of piperidine rings is 1. The molecule has 40 heavy (non-hydrogen) atoms. The number of ether oxygens (including phenoxy) is 4. The second-order valence-electron chi connectivity index (χ2n) is 11.0. The monoisotopic (exact) mass is 562 g/mol. The SMILES string of the molecule is COC(=O)C1=CO[C@@H](O[C@@H]2O[C@H](CO)[C@@H](O)[C@H](O)[C@H]2O)[C@H]2[C@@H]1C[C@@H]1c3[nH]c4ccccc4c3CC[N+]1([O-])[C@H]2CO. The van der Waals surface area contributed by atoms with Crippen LogP contribution < -0.4 is 0 Å². The Kier molecular flexibility index (Phi) is 7.14. The molecule has 2 fully saturated rings. The Labute approximate surface area is 229 Å². The number of aromatic nitrogens is 1. The number of aliphatic hydroxyl groups is 5. The Bertz CT molecular complexity index is 1300. The molecule has 6 N–H and O–H groups in total. The summed E-state index contributed by atoms with van der Waals surface area (Å²) in [6, 6.07) is 6.19.